The topological polar surface area (TPSA) is 86.6 Å². The van der Waals surface area contributed by atoms with Crippen LogP contribution in [0.2, 0.25) is 0 Å². The fourth-order valence-electron chi connectivity index (χ4n) is 5.13. The van der Waals surface area contributed by atoms with Crippen LogP contribution in [-0.2, 0) is 24.3 Å². The number of carbonyl (C=O) groups is 1. The minimum Gasteiger partial charge on any atom is -0.337 e. The van der Waals surface area contributed by atoms with Crippen LogP contribution in [0, 0.1) is 12.8 Å². The number of aromatic amines is 1. The molecule has 8 nitrogen and oxygen atoms in total. The van der Waals surface area contributed by atoms with E-state index in [-0.39, 0.29) is 23.4 Å². The Hall–Kier alpha value is -3.00. The zero-order valence-corrected chi connectivity index (χ0v) is 19.7. The summed E-state index contributed by atoms with van der Waals surface area (Å²) in [7, 11) is 0. The Balaban J connectivity index is 1.47. The fraction of sp³-hybridized carbons (Fsp3) is 0.520. The second-order valence-electron chi connectivity index (χ2n) is 9.66. The van der Waals surface area contributed by atoms with Crippen molar-refractivity contribution in [3.63, 3.8) is 0 Å². The SMILES string of the molecule is Cc1cccnc1CN1CCCC[C@@H]1c1cc2nc3c(c(=O)n2[nH]1)CN(C(=O)C(C)C)CC3. The minimum absolute atomic E-state index is 0.0805. The predicted molar refractivity (Wildman–Crippen MR) is 126 cm³/mol. The number of aromatic nitrogens is 4. The molecule has 1 saturated heterocycles. The summed E-state index contributed by atoms with van der Waals surface area (Å²) in [5, 5.41) is 3.36. The number of nitrogens with one attached hydrogen (secondary N) is 1. The zero-order chi connectivity index (χ0) is 23.1. The van der Waals surface area contributed by atoms with Crippen LogP contribution in [0.1, 0.15) is 67.4 Å². The second-order valence-corrected chi connectivity index (χ2v) is 9.66. The highest BCUT2D eigenvalue weighted by Gasteiger charge is 2.29. The van der Waals surface area contributed by atoms with Crippen molar-refractivity contribution in [3.05, 3.63) is 63.0 Å². The Morgan fingerprint density at radius 1 is 1.27 bits per heavy atom. The maximum absolute atomic E-state index is 13.4. The van der Waals surface area contributed by atoms with Crippen molar-refractivity contribution in [1.29, 1.82) is 0 Å². The third-order valence-electron chi connectivity index (χ3n) is 7.03. The van der Waals surface area contributed by atoms with E-state index in [2.05, 4.69) is 28.0 Å². The van der Waals surface area contributed by atoms with Crippen LogP contribution in [0.25, 0.3) is 5.65 Å². The molecule has 33 heavy (non-hydrogen) atoms. The largest absolute Gasteiger partial charge is 0.337 e. The first-order valence-corrected chi connectivity index (χ1v) is 12.0. The molecule has 2 aliphatic heterocycles. The average molecular weight is 449 g/mol. The lowest BCUT2D eigenvalue weighted by Crippen LogP contribution is -2.41. The number of rotatable bonds is 4. The number of hydrogen-bond acceptors (Lipinski definition) is 5. The summed E-state index contributed by atoms with van der Waals surface area (Å²) in [6.07, 6.45) is 5.82. The summed E-state index contributed by atoms with van der Waals surface area (Å²) >= 11 is 0. The minimum atomic E-state index is -0.0922. The van der Waals surface area contributed by atoms with Gasteiger partial charge in [0.15, 0.2) is 5.65 Å². The Labute approximate surface area is 193 Å². The lowest BCUT2D eigenvalue weighted by Gasteiger charge is -2.35. The Morgan fingerprint density at radius 3 is 2.91 bits per heavy atom. The summed E-state index contributed by atoms with van der Waals surface area (Å²) in [6, 6.07) is 6.30. The molecule has 3 aromatic heterocycles. The molecule has 0 bridgehead atoms. The zero-order valence-electron chi connectivity index (χ0n) is 19.7. The van der Waals surface area contributed by atoms with Gasteiger partial charge in [-0.05, 0) is 37.9 Å². The maximum Gasteiger partial charge on any atom is 0.277 e. The molecular weight excluding hydrogens is 416 g/mol. The van der Waals surface area contributed by atoms with E-state index in [0.717, 1.165) is 49.4 Å². The highest BCUT2D eigenvalue weighted by molar-refractivity contribution is 5.78. The van der Waals surface area contributed by atoms with Gasteiger partial charge in [-0.25, -0.2) is 9.50 Å². The van der Waals surface area contributed by atoms with Crippen LogP contribution in [-0.4, -0.2) is 48.4 Å². The first-order chi connectivity index (χ1) is 15.9. The lowest BCUT2D eigenvalue weighted by molar-refractivity contribution is -0.135. The Morgan fingerprint density at radius 2 is 2.12 bits per heavy atom. The molecule has 174 valence electrons. The Kier molecular flexibility index (Phi) is 5.78. The van der Waals surface area contributed by atoms with E-state index in [1.165, 1.54) is 5.56 Å². The van der Waals surface area contributed by atoms with Crippen LogP contribution >= 0.6 is 0 Å². The van der Waals surface area contributed by atoms with Crippen molar-refractivity contribution in [2.45, 2.75) is 65.6 Å². The van der Waals surface area contributed by atoms with Crippen molar-refractivity contribution in [2.24, 2.45) is 5.92 Å². The van der Waals surface area contributed by atoms with Gasteiger partial charge in [-0.15, -0.1) is 0 Å². The van der Waals surface area contributed by atoms with Gasteiger partial charge < -0.3 is 4.90 Å². The molecule has 0 unspecified atom stereocenters. The molecule has 1 atom stereocenters. The van der Waals surface area contributed by atoms with Crippen molar-refractivity contribution in [1.82, 2.24) is 29.4 Å². The molecule has 0 spiro atoms. The molecule has 2 aliphatic rings. The molecule has 0 saturated carbocycles. The van der Waals surface area contributed by atoms with Crippen LogP contribution in [0.3, 0.4) is 0 Å². The molecular formula is C25H32N6O2. The number of amides is 1. The molecule has 5 heterocycles. The van der Waals surface area contributed by atoms with Crippen LogP contribution in [0.15, 0.2) is 29.2 Å². The molecule has 0 aromatic carbocycles. The highest BCUT2D eigenvalue weighted by Crippen LogP contribution is 2.32. The van der Waals surface area contributed by atoms with Crippen LogP contribution in [0.5, 0.6) is 0 Å². The van der Waals surface area contributed by atoms with Gasteiger partial charge in [0.1, 0.15) is 0 Å². The van der Waals surface area contributed by atoms with Crippen molar-refractivity contribution in [3.8, 4) is 0 Å². The van der Waals surface area contributed by atoms with E-state index >= 15 is 0 Å². The molecule has 5 rings (SSSR count). The Bertz CT molecular complexity index is 1240. The number of H-pyrrole nitrogens is 1. The average Bonchev–Trinajstić information content (AvgIpc) is 3.24. The van der Waals surface area contributed by atoms with E-state index in [0.29, 0.717) is 30.7 Å². The fourth-order valence-corrected chi connectivity index (χ4v) is 5.13. The first kappa shape index (κ1) is 21.8. The van der Waals surface area contributed by atoms with Gasteiger partial charge in [0.05, 0.1) is 35.2 Å². The number of fused-ring (bicyclic) bond motifs is 2. The van der Waals surface area contributed by atoms with Gasteiger partial charge >= 0.3 is 0 Å². The van der Waals surface area contributed by atoms with Crippen molar-refractivity contribution < 1.29 is 4.79 Å². The van der Waals surface area contributed by atoms with Gasteiger partial charge in [0, 0.05) is 37.7 Å². The van der Waals surface area contributed by atoms with E-state index in [1.54, 1.807) is 9.42 Å². The molecule has 1 amide bonds. The molecule has 0 aliphatic carbocycles. The molecule has 1 N–H and O–H groups in total. The number of aryl methyl sites for hydroxylation is 1. The van der Waals surface area contributed by atoms with Crippen molar-refractivity contribution in [2.75, 3.05) is 13.1 Å². The number of hydrogen-bond donors (Lipinski definition) is 1. The van der Waals surface area contributed by atoms with Crippen LogP contribution in [0.4, 0.5) is 0 Å². The first-order valence-electron chi connectivity index (χ1n) is 12.0. The van der Waals surface area contributed by atoms with Crippen molar-refractivity contribution >= 4 is 11.6 Å². The van der Waals surface area contributed by atoms with Gasteiger partial charge in [-0.1, -0.05) is 26.3 Å². The number of pyridine rings is 1. The monoisotopic (exact) mass is 448 g/mol. The predicted octanol–water partition coefficient (Wildman–Crippen LogP) is 2.99. The molecule has 3 aromatic rings. The molecule has 1 fully saturated rings. The van der Waals surface area contributed by atoms with Gasteiger partial charge in [-0.2, -0.15) is 0 Å². The standard InChI is InChI=1S/C25H32N6O2/c1-16(2)24(32)30-12-9-19-18(14-30)25(33)31-23(27-19)13-20(28-31)22-8-4-5-11-29(22)15-21-17(3)7-6-10-26-21/h6-7,10,13,16,22,28H,4-5,8-9,11-12,14-15H2,1-3H3/t22-/m1/s1. The molecule has 0 radical (unpaired) electrons. The summed E-state index contributed by atoms with van der Waals surface area (Å²) in [5.74, 6) is 0.00287. The summed E-state index contributed by atoms with van der Waals surface area (Å²) in [4.78, 5) is 39.5. The normalized spacial score (nSPS) is 19.3. The van der Waals surface area contributed by atoms with E-state index in [9.17, 15) is 9.59 Å². The quantitative estimate of drug-likeness (QED) is 0.663. The maximum atomic E-state index is 13.4. The lowest BCUT2D eigenvalue weighted by atomic mass is 9.98. The van der Waals surface area contributed by atoms with E-state index in [4.69, 9.17) is 4.98 Å². The number of nitrogens with zero attached hydrogens (tertiary/aromatic N) is 5. The third kappa shape index (κ3) is 4.08. The smallest absolute Gasteiger partial charge is 0.277 e. The molecule has 8 heteroatoms. The van der Waals surface area contributed by atoms with Gasteiger partial charge in [0.2, 0.25) is 5.91 Å². The summed E-state index contributed by atoms with van der Waals surface area (Å²) in [6.45, 7) is 8.63. The van der Waals surface area contributed by atoms with E-state index in [1.807, 2.05) is 32.2 Å². The summed E-state index contributed by atoms with van der Waals surface area (Å²) in [5.41, 5.74) is 5.34. The number of piperidine rings is 1. The highest BCUT2D eigenvalue weighted by atomic mass is 16.2. The van der Waals surface area contributed by atoms with Crippen LogP contribution < -0.4 is 5.56 Å². The number of carbonyl (C=O) groups excluding carboxylic acids is 1. The van der Waals surface area contributed by atoms with Gasteiger partial charge in [0.25, 0.3) is 5.56 Å². The third-order valence-corrected chi connectivity index (χ3v) is 7.03. The van der Waals surface area contributed by atoms with E-state index < -0.39 is 0 Å². The van der Waals surface area contributed by atoms with Gasteiger partial charge in [-0.3, -0.25) is 24.6 Å². The number of likely N-dealkylation sites (tertiary alicyclic amines) is 1. The second kappa shape index (κ2) is 8.74. The summed E-state index contributed by atoms with van der Waals surface area (Å²) < 4.78 is 1.57.